The van der Waals surface area contributed by atoms with Crippen LogP contribution >= 0.6 is 0 Å². The van der Waals surface area contributed by atoms with Crippen LogP contribution in [-0.4, -0.2) is 36.4 Å². The minimum atomic E-state index is -1.77. The summed E-state index contributed by atoms with van der Waals surface area (Å²) < 4.78 is 46.8. The molecule has 0 unspecified atom stereocenters. The molecule has 3 N–H and O–H groups in total. The highest BCUT2D eigenvalue weighted by molar-refractivity contribution is 6.03. The molecule has 1 aliphatic heterocycles. The average molecular weight is 417 g/mol. The maximum atomic E-state index is 14.6. The van der Waals surface area contributed by atoms with Crippen LogP contribution in [0.4, 0.5) is 18.9 Å². The number of anilines is 1. The Kier molecular flexibility index (Phi) is 5.91. The standard InChI is InChI=1S/C20H18F3N5O2/c1-11-4-12(8-24)9-26-17(11)18(29)27-13-2-3-16(23)15(5-13)20(10-22)6-14(7-21)30-19(25)28-20/h2-5,9,14H,6-7,10H2,1H3,(H2,25,28)(H,27,29)/t14-,20-/m1/s1. The molecule has 0 saturated heterocycles. The summed E-state index contributed by atoms with van der Waals surface area (Å²) in [5, 5.41) is 11.5. The van der Waals surface area contributed by atoms with Gasteiger partial charge in [0.1, 0.15) is 42.6 Å². The van der Waals surface area contributed by atoms with Crippen LogP contribution in [0.25, 0.3) is 0 Å². The summed E-state index contributed by atoms with van der Waals surface area (Å²) in [6.45, 7) is -0.467. The number of rotatable bonds is 5. The second-order valence-electron chi connectivity index (χ2n) is 6.86. The van der Waals surface area contributed by atoms with Crippen molar-refractivity contribution < 1.29 is 22.7 Å². The number of aliphatic imine (C=N–C) groups is 1. The Bertz CT molecular complexity index is 1050. The number of benzene rings is 1. The molecule has 1 aromatic heterocycles. The third-order valence-corrected chi connectivity index (χ3v) is 4.72. The lowest BCUT2D eigenvalue weighted by molar-refractivity contribution is 0.0781. The number of nitrogens with zero attached hydrogens (tertiary/aromatic N) is 3. The van der Waals surface area contributed by atoms with Crippen LogP contribution in [0.2, 0.25) is 0 Å². The highest BCUT2D eigenvalue weighted by atomic mass is 19.1. The number of nitriles is 1. The number of nitrogens with one attached hydrogen (secondary N) is 1. The quantitative estimate of drug-likeness (QED) is 0.777. The van der Waals surface area contributed by atoms with Gasteiger partial charge in [-0.15, -0.1) is 0 Å². The van der Waals surface area contributed by atoms with Gasteiger partial charge in [-0.3, -0.25) is 4.79 Å². The number of amides is 1. The van der Waals surface area contributed by atoms with Crippen LogP contribution in [0.3, 0.4) is 0 Å². The van der Waals surface area contributed by atoms with Gasteiger partial charge in [0.25, 0.3) is 11.9 Å². The molecular formula is C20H18F3N5O2. The number of aryl methyl sites for hydroxylation is 1. The van der Waals surface area contributed by atoms with Crippen molar-refractivity contribution in [3.8, 4) is 6.07 Å². The summed E-state index contributed by atoms with van der Waals surface area (Å²) in [7, 11) is 0. The van der Waals surface area contributed by atoms with Crippen molar-refractivity contribution in [2.24, 2.45) is 10.7 Å². The second-order valence-corrected chi connectivity index (χ2v) is 6.86. The highest BCUT2D eigenvalue weighted by Crippen LogP contribution is 2.38. The van der Waals surface area contributed by atoms with E-state index in [-0.39, 0.29) is 23.4 Å². The number of carbonyl (C=O) groups excluding carboxylic acids is 1. The topological polar surface area (TPSA) is 113 Å². The van der Waals surface area contributed by atoms with Gasteiger partial charge in [-0.1, -0.05) is 0 Å². The number of pyridine rings is 1. The fourth-order valence-electron chi connectivity index (χ4n) is 3.31. The molecule has 2 heterocycles. The molecule has 156 valence electrons. The SMILES string of the molecule is Cc1cc(C#N)cnc1C(=O)Nc1ccc(F)c([C@]2(CF)C[C@H](CF)OC(N)=N2)c1. The van der Waals surface area contributed by atoms with Gasteiger partial charge >= 0.3 is 0 Å². The number of nitrogens with two attached hydrogens (primary N) is 1. The van der Waals surface area contributed by atoms with E-state index in [0.717, 1.165) is 6.07 Å². The van der Waals surface area contributed by atoms with Crippen LogP contribution < -0.4 is 11.1 Å². The van der Waals surface area contributed by atoms with Crippen molar-refractivity contribution >= 4 is 17.6 Å². The third-order valence-electron chi connectivity index (χ3n) is 4.72. The monoisotopic (exact) mass is 417 g/mol. The third kappa shape index (κ3) is 4.05. The Morgan fingerprint density at radius 1 is 1.43 bits per heavy atom. The molecule has 3 rings (SSSR count). The molecule has 0 aliphatic carbocycles. The van der Waals surface area contributed by atoms with E-state index in [9.17, 15) is 18.0 Å². The molecule has 0 bridgehead atoms. The second kappa shape index (κ2) is 8.41. The molecule has 1 amide bonds. The molecule has 1 aliphatic rings. The van der Waals surface area contributed by atoms with Gasteiger partial charge in [0.2, 0.25) is 0 Å². The van der Waals surface area contributed by atoms with E-state index in [1.165, 1.54) is 24.4 Å². The summed E-state index contributed by atoms with van der Waals surface area (Å²) in [5.41, 5.74) is 4.60. The first-order valence-corrected chi connectivity index (χ1v) is 8.94. The van der Waals surface area contributed by atoms with Gasteiger partial charge in [0.05, 0.1) is 5.56 Å². The summed E-state index contributed by atoms with van der Waals surface area (Å²) in [4.78, 5) is 20.4. The Morgan fingerprint density at radius 3 is 2.83 bits per heavy atom. The molecule has 0 radical (unpaired) electrons. The van der Waals surface area contributed by atoms with Crippen LogP contribution in [0.5, 0.6) is 0 Å². The number of amidine groups is 1. The van der Waals surface area contributed by atoms with Gasteiger partial charge in [-0.25, -0.2) is 23.1 Å². The smallest absolute Gasteiger partial charge is 0.283 e. The van der Waals surface area contributed by atoms with E-state index in [1.54, 1.807) is 6.92 Å². The van der Waals surface area contributed by atoms with Crippen LogP contribution in [0, 0.1) is 24.1 Å². The number of carbonyl (C=O) groups is 1. The number of ether oxygens (including phenoxy) is 1. The Hall–Kier alpha value is -3.61. The molecule has 7 nitrogen and oxygen atoms in total. The zero-order valence-corrected chi connectivity index (χ0v) is 16.0. The molecule has 30 heavy (non-hydrogen) atoms. The van der Waals surface area contributed by atoms with E-state index in [1.807, 2.05) is 6.07 Å². The Balaban J connectivity index is 1.95. The molecule has 0 spiro atoms. The van der Waals surface area contributed by atoms with E-state index >= 15 is 0 Å². The van der Waals surface area contributed by atoms with Crippen molar-refractivity contribution in [1.29, 1.82) is 5.26 Å². The van der Waals surface area contributed by atoms with Crippen molar-refractivity contribution in [1.82, 2.24) is 4.98 Å². The predicted molar refractivity (Wildman–Crippen MR) is 103 cm³/mol. The molecule has 0 saturated carbocycles. The van der Waals surface area contributed by atoms with Crippen LogP contribution in [-0.2, 0) is 10.3 Å². The number of hydrogen-bond acceptors (Lipinski definition) is 6. The maximum absolute atomic E-state index is 14.6. The number of aromatic nitrogens is 1. The van der Waals surface area contributed by atoms with E-state index < -0.39 is 42.7 Å². The van der Waals surface area contributed by atoms with E-state index in [2.05, 4.69) is 15.3 Å². The first-order valence-electron chi connectivity index (χ1n) is 8.94. The first-order chi connectivity index (χ1) is 14.3. The molecule has 2 aromatic rings. The zero-order chi connectivity index (χ0) is 21.9. The minimum absolute atomic E-state index is 0.0749. The Morgan fingerprint density at radius 2 is 2.20 bits per heavy atom. The summed E-state index contributed by atoms with van der Waals surface area (Å²) in [6, 6.07) is 6.56. The summed E-state index contributed by atoms with van der Waals surface area (Å²) in [6.07, 6.45) is -0.0701. The number of hydrogen-bond donors (Lipinski definition) is 2. The fourth-order valence-corrected chi connectivity index (χ4v) is 3.31. The van der Waals surface area contributed by atoms with Crippen molar-refractivity contribution in [3.05, 3.63) is 58.7 Å². The first kappa shape index (κ1) is 21.1. The van der Waals surface area contributed by atoms with Crippen LogP contribution in [0.15, 0.2) is 35.5 Å². The average Bonchev–Trinajstić information content (AvgIpc) is 2.74. The van der Waals surface area contributed by atoms with Gasteiger partial charge < -0.3 is 15.8 Å². The Labute approximate surface area is 170 Å². The van der Waals surface area contributed by atoms with Crippen LogP contribution in [0.1, 0.15) is 33.6 Å². The van der Waals surface area contributed by atoms with Crippen molar-refractivity contribution in [3.63, 3.8) is 0 Å². The van der Waals surface area contributed by atoms with Gasteiger partial charge in [-0.05, 0) is 36.8 Å². The number of alkyl halides is 2. The largest absolute Gasteiger partial charge is 0.459 e. The highest BCUT2D eigenvalue weighted by Gasteiger charge is 2.42. The van der Waals surface area contributed by atoms with Crippen molar-refractivity contribution in [2.45, 2.75) is 25.0 Å². The van der Waals surface area contributed by atoms with Crippen molar-refractivity contribution in [2.75, 3.05) is 18.7 Å². The van der Waals surface area contributed by atoms with E-state index in [0.29, 0.717) is 11.1 Å². The zero-order valence-electron chi connectivity index (χ0n) is 16.0. The van der Waals surface area contributed by atoms with E-state index in [4.69, 9.17) is 15.7 Å². The predicted octanol–water partition coefficient (Wildman–Crippen LogP) is 2.89. The normalized spacial score (nSPS) is 20.6. The molecule has 1 aromatic carbocycles. The van der Waals surface area contributed by atoms with Gasteiger partial charge in [0, 0.05) is 23.9 Å². The van der Waals surface area contributed by atoms with Gasteiger partial charge in [-0.2, -0.15) is 5.26 Å². The maximum Gasteiger partial charge on any atom is 0.283 e. The lowest BCUT2D eigenvalue weighted by atomic mass is 9.85. The number of halogens is 3. The summed E-state index contributed by atoms with van der Waals surface area (Å²) >= 11 is 0. The molecule has 2 atom stereocenters. The molecule has 10 heteroatoms. The summed E-state index contributed by atoms with van der Waals surface area (Å²) in [5.74, 6) is -1.38. The molecule has 0 fully saturated rings. The lowest BCUT2D eigenvalue weighted by Crippen LogP contribution is -2.43. The lowest BCUT2D eigenvalue weighted by Gasteiger charge is -2.35. The minimum Gasteiger partial charge on any atom is -0.459 e. The fraction of sp³-hybridized carbons (Fsp3) is 0.300. The molecular weight excluding hydrogens is 399 g/mol. The van der Waals surface area contributed by atoms with Gasteiger partial charge in [0.15, 0.2) is 0 Å².